The van der Waals surface area contributed by atoms with Gasteiger partial charge in [0.2, 0.25) is 0 Å². The fraction of sp³-hybridized carbons (Fsp3) is 0. The zero-order valence-electron chi connectivity index (χ0n) is 9.34. The molecule has 0 saturated heterocycles. The summed E-state index contributed by atoms with van der Waals surface area (Å²) < 4.78 is 1.82. The van der Waals surface area contributed by atoms with Crippen LogP contribution in [0.25, 0.3) is 5.65 Å². The number of hydrogen-bond donors (Lipinski definition) is 2. The second-order valence-corrected chi connectivity index (χ2v) is 4.24. The number of aromatic nitrogens is 3. The molecule has 2 aromatic heterocycles. The number of nitrogens with zero attached hydrogens (tertiary/aromatic N) is 3. The van der Waals surface area contributed by atoms with Gasteiger partial charge in [-0.05, 0) is 24.3 Å². The number of nitrogens with one attached hydrogen (secondary N) is 1. The molecule has 0 aliphatic carbocycles. The van der Waals surface area contributed by atoms with Gasteiger partial charge in [-0.25, -0.2) is 9.97 Å². The summed E-state index contributed by atoms with van der Waals surface area (Å²) in [4.78, 5) is 8.47. The second-order valence-electron chi connectivity index (χ2n) is 3.80. The number of rotatable bonds is 2. The van der Waals surface area contributed by atoms with Crippen LogP contribution in [0.15, 0.2) is 42.9 Å². The van der Waals surface area contributed by atoms with Gasteiger partial charge in [-0.1, -0.05) is 11.6 Å². The van der Waals surface area contributed by atoms with E-state index in [0.29, 0.717) is 16.7 Å². The normalized spacial score (nSPS) is 10.7. The second kappa shape index (κ2) is 4.19. The van der Waals surface area contributed by atoms with Gasteiger partial charge >= 0.3 is 0 Å². The third kappa shape index (κ3) is 1.96. The summed E-state index contributed by atoms with van der Waals surface area (Å²) in [6.07, 6.45) is 5.24. The predicted molar refractivity (Wildman–Crippen MR) is 72.1 cm³/mol. The number of halogens is 1. The summed E-state index contributed by atoms with van der Waals surface area (Å²) in [7, 11) is 0. The Hall–Kier alpha value is -2.27. The molecule has 90 valence electrons. The Bertz CT molecular complexity index is 689. The lowest BCUT2D eigenvalue weighted by Crippen LogP contribution is -2.01. The van der Waals surface area contributed by atoms with Crippen molar-refractivity contribution >= 4 is 34.6 Å². The number of imidazole rings is 1. The lowest BCUT2D eigenvalue weighted by molar-refractivity contribution is 1.14. The number of nitrogen functional groups attached to an aromatic ring is 1. The largest absolute Gasteiger partial charge is 0.382 e. The SMILES string of the molecule is Nc1cn2ccnc2c(Nc2ccc(Cl)cc2)n1. The molecule has 3 aromatic rings. The van der Waals surface area contributed by atoms with Crippen LogP contribution in [0.3, 0.4) is 0 Å². The summed E-state index contributed by atoms with van der Waals surface area (Å²) in [5.74, 6) is 1.04. The zero-order chi connectivity index (χ0) is 12.5. The maximum atomic E-state index is 5.84. The average Bonchev–Trinajstić information content (AvgIpc) is 2.80. The first-order valence-corrected chi connectivity index (χ1v) is 5.72. The summed E-state index contributed by atoms with van der Waals surface area (Å²) in [5, 5.41) is 3.86. The Kier molecular flexibility index (Phi) is 2.53. The van der Waals surface area contributed by atoms with Gasteiger partial charge in [0.25, 0.3) is 0 Å². The highest BCUT2D eigenvalue weighted by molar-refractivity contribution is 6.30. The molecule has 0 bridgehead atoms. The Morgan fingerprint density at radius 3 is 2.78 bits per heavy atom. The van der Waals surface area contributed by atoms with Crippen LogP contribution >= 0.6 is 11.6 Å². The van der Waals surface area contributed by atoms with E-state index in [4.69, 9.17) is 17.3 Å². The van der Waals surface area contributed by atoms with Crippen molar-refractivity contribution in [2.75, 3.05) is 11.1 Å². The topological polar surface area (TPSA) is 68.2 Å². The molecule has 0 amide bonds. The molecule has 6 heteroatoms. The van der Waals surface area contributed by atoms with Crippen LogP contribution in [-0.2, 0) is 0 Å². The standard InChI is InChI=1S/C12H10ClN5/c13-8-1-3-9(4-2-8)16-11-12-15-5-6-18(12)7-10(14)17-11/h1-7H,14H2,(H,16,17). The molecule has 0 fully saturated rings. The number of hydrogen-bond acceptors (Lipinski definition) is 4. The number of fused-ring (bicyclic) bond motifs is 1. The van der Waals surface area contributed by atoms with Gasteiger partial charge in [0.15, 0.2) is 11.5 Å². The molecule has 5 nitrogen and oxygen atoms in total. The average molecular weight is 260 g/mol. The van der Waals surface area contributed by atoms with Gasteiger partial charge in [-0.3, -0.25) is 0 Å². The first-order chi connectivity index (χ1) is 8.72. The van der Waals surface area contributed by atoms with E-state index in [2.05, 4.69) is 15.3 Å². The Morgan fingerprint density at radius 2 is 2.00 bits per heavy atom. The Labute approximate surface area is 108 Å². The summed E-state index contributed by atoms with van der Waals surface area (Å²) in [6.45, 7) is 0. The maximum absolute atomic E-state index is 5.84. The number of anilines is 3. The molecule has 18 heavy (non-hydrogen) atoms. The molecule has 0 aliphatic rings. The van der Waals surface area contributed by atoms with Crippen molar-refractivity contribution in [1.82, 2.24) is 14.4 Å². The minimum Gasteiger partial charge on any atom is -0.382 e. The maximum Gasteiger partial charge on any atom is 0.180 e. The summed E-state index contributed by atoms with van der Waals surface area (Å²) in [5.41, 5.74) is 7.34. The Balaban J connectivity index is 2.03. The molecular formula is C12H10ClN5. The van der Waals surface area contributed by atoms with E-state index in [1.54, 1.807) is 24.5 Å². The third-order valence-electron chi connectivity index (χ3n) is 2.50. The minimum absolute atomic E-state index is 0.428. The van der Waals surface area contributed by atoms with E-state index in [-0.39, 0.29) is 0 Å². The van der Waals surface area contributed by atoms with E-state index in [1.165, 1.54) is 0 Å². The van der Waals surface area contributed by atoms with Crippen LogP contribution in [-0.4, -0.2) is 14.4 Å². The van der Waals surface area contributed by atoms with Gasteiger partial charge in [0.1, 0.15) is 5.82 Å². The lowest BCUT2D eigenvalue weighted by atomic mass is 10.3. The van der Waals surface area contributed by atoms with Gasteiger partial charge in [-0.2, -0.15) is 0 Å². The van der Waals surface area contributed by atoms with Crippen molar-refractivity contribution in [2.45, 2.75) is 0 Å². The number of benzene rings is 1. The molecule has 0 atom stereocenters. The molecule has 0 spiro atoms. The quantitative estimate of drug-likeness (QED) is 0.742. The van der Waals surface area contributed by atoms with Gasteiger partial charge in [0.05, 0.1) is 6.20 Å². The summed E-state index contributed by atoms with van der Waals surface area (Å²) in [6, 6.07) is 7.34. The first-order valence-electron chi connectivity index (χ1n) is 5.34. The molecule has 0 saturated carbocycles. The van der Waals surface area contributed by atoms with E-state index in [9.17, 15) is 0 Å². The minimum atomic E-state index is 0.428. The fourth-order valence-corrected chi connectivity index (χ4v) is 1.83. The fourth-order valence-electron chi connectivity index (χ4n) is 1.70. The van der Waals surface area contributed by atoms with Crippen LogP contribution in [0.1, 0.15) is 0 Å². The lowest BCUT2D eigenvalue weighted by Gasteiger charge is -2.07. The van der Waals surface area contributed by atoms with Crippen molar-refractivity contribution in [3.63, 3.8) is 0 Å². The predicted octanol–water partition coefficient (Wildman–Crippen LogP) is 2.71. The molecule has 3 N–H and O–H groups in total. The molecule has 0 unspecified atom stereocenters. The van der Waals surface area contributed by atoms with Crippen LogP contribution in [0.5, 0.6) is 0 Å². The van der Waals surface area contributed by atoms with Crippen molar-refractivity contribution < 1.29 is 0 Å². The van der Waals surface area contributed by atoms with Crippen molar-refractivity contribution in [3.8, 4) is 0 Å². The smallest absolute Gasteiger partial charge is 0.180 e. The highest BCUT2D eigenvalue weighted by Gasteiger charge is 2.06. The molecular weight excluding hydrogens is 250 g/mol. The molecule has 0 radical (unpaired) electrons. The van der Waals surface area contributed by atoms with Gasteiger partial charge < -0.3 is 15.5 Å². The molecule has 2 heterocycles. The van der Waals surface area contributed by atoms with Crippen LogP contribution in [0.4, 0.5) is 17.3 Å². The van der Waals surface area contributed by atoms with Crippen molar-refractivity contribution in [1.29, 1.82) is 0 Å². The first kappa shape index (κ1) is 10.9. The highest BCUT2D eigenvalue weighted by Crippen LogP contribution is 2.21. The van der Waals surface area contributed by atoms with E-state index < -0.39 is 0 Å². The van der Waals surface area contributed by atoms with Crippen LogP contribution in [0.2, 0.25) is 5.02 Å². The Morgan fingerprint density at radius 1 is 1.22 bits per heavy atom. The van der Waals surface area contributed by atoms with Crippen LogP contribution < -0.4 is 11.1 Å². The molecule has 3 rings (SSSR count). The molecule has 1 aromatic carbocycles. The van der Waals surface area contributed by atoms with Crippen molar-refractivity contribution in [2.24, 2.45) is 0 Å². The zero-order valence-corrected chi connectivity index (χ0v) is 10.1. The monoisotopic (exact) mass is 259 g/mol. The third-order valence-corrected chi connectivity index (χ3v) is 2.75. The van der Waals surface area contributed by atoms with E-state index >= 15 is 0 Å². The van der Waals surface area contributed by atoms with Gasteiger partial charge in [-0.15, -0.1) is 0 Å². The van der Waals surface area contributed by atoms with Crippen LogP contribution in [0, 0.1) is 0 Å². The van der Waals surface area contributed by atoms with Gasteiger partial charge in [0, 0.05) is 23.1 Å². The highest BCUT2D eigenvalue weighted by atomic mass is 35.5. The van der Waals surface area contributed by atoms with E-state index in [0.717, 1.165) is 11.3 Å². The molecule has 0 aliphatic heterocycles. The summed E-state index contributed by atoms with van der Waals surface area (Å²) >= 11 is 5.84. The number of nitrogens with two attached hydrogens (primary N) is 1. The van der Waals surface area contributed by atoms with E-state index in [1.807, 2.05) is 22.7 Å². The van der Waals surface area contributed by atoms with Crippen molar-refractivity contribution in [3.05, 3.63) is 47.9 Å².